The van der Waals surface area contributed by atoms with Crippen molar-refractivity contribution in [1.29, 1.82) is 5.26 Å². The molecule has 0 aromatic heterocycles. The van der Waals surface area contributed by atoms with Crippen LogP contribution in [0.1, 0.15) is 39.0 Å². The number of carbonyl (C=O) groups excluding carboxylic acids is 1. The molecule has 0 spiro atoms. The number of nitriles is 1. The second kappa shape index (κ2) is 8.97. The fraction of sp³-hybridized carbons (Fsp3) is 0.474. The molecule has 0 aliphatic heterocycles. The SMILES string of the molecule is CCOc1ccc(NC(=O)/C(C#N)=C\N(C)C2CCCCC2)cc1. The summed E-state index contributed by atoms with van der Waals surface area (Å²) in [6.07, 6.45) is 7.60. The van der Waals surface area contributed by atoms with Crippen LogP contribution in [-0.2, 0) is 4.79 Å². The van der Waals surface area contributed by atoms with Crippen LogP contribution in [0, 0.1) is 11.3 Å². The second-order valence-corrected chi connectivity index (χ2v) is 6.02. The lowest BCUT2D eigenvalue weighted by molar-refractivity contribution is -0.112. The highest BCUT2D eigenvalue weighted by Crippen LogP contribution is 2.22. The summed E-state index contributed by atoms with van der Waals surface area (Å²) in [4.78, 5) is 14.3. The Morgan fingerprint density at radius 3 is 2.58 bits per heavy atom. The van der Waals surface area contributed by atoms with Gasteiger partial charge in [0.1, 0.15) is 17.4 Å². The predicted octanol–water partition coefficient (Wildman–Crippen LogP) is 3.70. The lowest BCUT2D eigenvalue weighted by Crippen LogP contribution is -2.30. The topological polar surface area (TPSA) is 65.4 Å². The number of ether oxygens (including phenoxy) is 1. The molecule has 1 aromatic carbocycles. The first kappa shape index (κ1) is 17.9. The molecular weight excluding hydrogens is 302 g/mol. The summed E-state index contributed by atoms with van der Waals surface area (Å²) in [5, 5.41) is 12.1. The van der Waals surface area contributed by atoms with Gasteiger partial charge in [-0.05, 0) is 44.0 Å². The van der Waals surface area contributed by atoms with Crippen molar-refractivity contribution in [3.8, 4) is 11.8 Å². The van der Waals surface area contributed by atoms with Crippen molar-refractivity contribution >= 4 is 11.6 Å². The number of anilines is 1. The minimum Gasteiger partial charge on any atom is -0.494 e. The first-order valence-corrected chi connectivity index (χ1v) is 8.52. The predicted molar refractivity (Wildman–Crippen MR) is 94.6 cm³/mol. The smallest absolute Gasteiger partial charge is 0.267 e. The first-order valence-electron chi connectivity index (χ1n) is 8.52. The van der Waals surface area contributed by atoms with Crippen LogP contribution in [0.15, 0.2) is 36.0 Å². The maximum Gasteiger partial charge on any atom is 0.267 e. The fourth-order valence-corrected chi connectivity index (χ4v) is 2.94. The molecule has 128 valence electrons. The molecule has 5 nitrogen and oxygen atoms in total. The molecular formula is C19H25N3O2. The van der Waals surface area contributed by atoms with Gasteiger partial charge in [-0.15, -0.1) is 0 Å². The molecule has 1 N–H and O–H groups in total. The highest BCUT2D eigenvalue weighted by Gasteiger charge is 2.18. The van der Waals surface area contributed by atoms with Gasteiger partial charge in [0.2, 0.25) is 0 Å². The van der Waals surface area contributed by atoms with Crippen molar-refractivity contribution in [3.05, 3.63) is 36.0 Å². The van der Waals surface area contributed by atoms with Gasteiger partial charge in [0.05, 0.1) is 6.61 Å². The Morgan fingerprint density at radius 1 is 1.33 bits per heavy atom. The van der Waals surface area contributed by atoms with E-state index in [1.165, 1.54) is 19.3 Å². The van der Waals surface area contributed by atoms with Gasteiger partial charge in [0, 0.05) is 25.0 Å². The minimum absolute atomic E-state index is 0.122. The Bertz CT molecular complexity index is 610. The third-order valence-corrected chi connectivity index (χ3v) is 4.27. The first-order chi connectivity index (χ1) is 11.6. The van der Waals surface area contributed by atoms with E-state index in [0.29, 0.717) is 18.3 Å². The molecule has 1 aliphatic carbocycles. The molecule has 5 heteroatoms. The van der Waals surface area contributed by atoms with Gasteiger partial charge in [-0.2, -0.15) is 5.26 Å². The number of hydrogen-bond acceptors (Lipinski definition) is 4. The van der Waals surface area contributed by atoms with Gasteiger partial charge in [0.15, 0.2) is 0 Å². The molecule has 0 unspecified atom stereocenters. The third-order valence-electron chi connectivity index (χ3n) is 4.27. The highest BCUT2D eigenvalue weighted by molar-refractivity contribution is 6.06. The van der Waals surface area contributed by atoms with Crippen LogP contribution >= 0.6 is 0 Å². The summed E-state index contributed by atoms with van der Waals surface area (Å²) in [6, 6.07) is 9.55. The number of amides is 1. The maximum atomic E-state index is 12.3. The van der Waals surface area contributed by atoms with Crippen molar-refractivity contribution in [2.45, 2.75) is 45.1 Å². The number of benzene rings is 1. The number of hydrogen-bond donors (Lipinski definition) is 1. The molecule has 1 saturated carbocycles. The van der Waals surface area contributed by atoms with E-state index in [0.717, 1.165) is 18.6 Å². The molecule has 1 aromatic rings. The molecule has 0 heterocycles. The molecule has 1 fully saturated rings. The zero-order chi connectivity index (χ0) is 17.4. The average molecular weight is 327 g/mol. The van der Waals surface area contributed by atoms with Crippen molar-refractivity contribution in [3.63, 3.8) is 0 Å². The summed E-state index contributed by atoms with van der Waals surface area (Å²) in [5.74, 6) is 0.368. The van der Waals surface area contributed by atoms with E-state index >= 15 is 0 Å². The quantitative estimate of drug-likeness (QED) is 0.639. The van der Waals surface area contributed by atoms with E-state index in [2.05, 4.69) is 5.32 Å². The van der Waals surface area contributed by atoms with Crippen LogP contribution in [0.4, 0.5) is 5.69 Å². The Labute approximate surface area is 143 Å². The van der Waals surface area contributed by atoms with Gasteiger partial charge >= 0.3 is 0 Å². The molecule has 1 amide bonds. The van der Waals surface area contributed by atoms with Crippen LogP contribution < -0.4 is 10.1 Å². The van der Waals surface area contributed by atoms with Crippen LogP contribution in [0.2, 0.25) is 0 Å². The lowest BCUT2D eigenvalue weighted by atomic mass is 9.94. The lowest BCUT2D eigenvalue weighted by Gasteiger charge is -2.30. The zero-order valence-electron chi connectivity index (χ0n) is 14.4. The van der Waals surface area contributed by atoms with Crippen LogP contribution in [-0.4, -0.2) is 30.5 Å². The van der Waals surface area contributed by atoms with Crippen molar-refractivity contribution < 1.29 is 9.53 Å². The van der Waals surface area contributed by atoms with Crippen molar-refractivity contribution in [2.24, 2.45) is 0 Å². The standard InChI is InChI=1S/C19H25N3O2/c1-3-24-18-11-9-16(10-12-18)21-19(23)15(13-20)14-22(2)17-7-5-4-6-8-17/h9-12,14,17H,3-8H2,1-2H3,(H,21,23)/b15-14-. The largest absolute Gasteiger partial charge is 0.494 e. The van der Waals surface area contributed by atoms with E-state index in [1.54, 1.807) is 30.5 Å². The second-order valence-electron chi connectivity index (χ2n) is 6.02. The molecule has 0 radical (unpaired) electrons. The van der Waals surface area contributed by atoms with Crippen molar-refractivity contribution in [1.82, 2.24) is 4.90 Å². The normalized spacial score (nSPS) is 15.5. The number of nitrogens with zero attached hydrogens (tertiary/aromatic N) is 2. The van der Waals surface area contributed by atoms with Gasteiger partial charge in [-0.25, -0.2) is 0 Å². The van der Waals surface area contributed by atoms with E-state index in [4.69, 9.17) is 4.74 Å². The monoisotopic (exact) mass is 327 g/mol. The molecule has 0 atom stereocenters. The van der Waals surface area contributed by atoms with E-state index in [9.17, 15) is 10.1 Å². The Morgan fingerprint density at radius 2 is 2.00 bits per heavy atom. The molecule has 1 aliphatic rings. The summed E-state index contributed by atoms with van der Waals surface area (Å²) < 4.78 is 5.37. The van der Waals surface area contributed by atoms with E-state index < -0.39 is 0 Å². The average Bonchev–Trinajstić information content (AvgIpc) is 2.62. The number of rotatable bonds is 6. The number of carbonyl (C=O) groups is 1. The van der Waals surface area contributed by atoms with E-state index in [1.807, 2.05) is 24.9 Å². The molecule has 0 bridgehead atoms. The summed E-state index contributed by atoms with van der Waals surface area (Å²) in [6.45, 7) is 2.52. The highest BCUT2D eigenvalue weighted by atomic mass is 16.5. The Kier molecular flexibility index (Phi) is 6.68. The Hall–Kier alpha value is -2.48. The zero-order valence-corrected chi connectivity index (χ0v) is 14.4. The third kappa shape index (κ3) is 5.02. The van der Waals surface area contributed by atoms with Crippen LogP contribution in [0.25, 0.3) is 0 Å². The van der Waals surface area contributed by atoms with Gasteiger partial charge in [0.25, 0.3) is 5.91 Å². The molecule has 0 saturated heterocycles. The van der Waals surface area contributed by atoms with Crippen LogP contribution in [0.5, 0.6) is 5.75 Å². The van der Waals surface area contributed by atoms with Gasteiger partial charge in [-0.3, -0.25) is 4.79 Å². The summed E-state index contributed by atoms with van der Waals surface area (Å²) in [7, 11) is 1.94. The van der Waals surface area contributed by atoms with E-state index in [-0.39, 0.29) is 11.5 Å². The molecule has 2 rings (SSSR count). The maximum absolute atomic E-state index is 12.3. The summed E-state index contributed by atoms with van der Waals surface area (Å²) in [5.41, 5.74) is 0.766. The number of nitrogens with one attached hydrogen (secondary N) is 1. The fourth-order valence-electron chi connectivity index (χ4n) is 2.94. The van der Waals surface area contributed by atoms with Crippen molar-refractivity contribution in [2.75, 3.05) is 19.0 Å². The Balaban J connectivity index is 1.99. The summed E-state index contributed by atoms with van der Waals surface area (Å²) >= 11 is 0. The van der Waals surface area contributed by atoms with Gasteiger partial charge in [-0.1, -0.05) is 19.3 Å². The molecule has 24 heavy (non-hydrogen) atoms. The van der Waals surface area contributed by atoms with Gasteiger partial charge < -0.3 is 15.0 Å². The van der Waals surface area contributed by atoms with Crippen LogP contribution in [0.3, 0.4) is 0 Å². The minimum atomic E-state index is -0.385.